The highest BCUT2D eigenvalue weighted by Crippen LogP contribution is 2.46. The lowest BCUT2D eigenvalue weighted by atomic mass is 9.86. The second kappa shape index (κ2) is 6.68. The second-order valence-corrected chi connectivity index (χ2v) is 5.99. The lowest BCUT2D eigenvalue weighted by Crippen LogP contribution is -2.27. The number of hydrogen-bond donors (Lipinski definition) is 1. The van der Waals surface area contributed by atoms with Crippen molar-refractivity contribution in [1.82, 2.24) is 5.32 Å². The van der Waals surface area contributed by atoms with Gasteiger partial charge in [-0.1, -0.05) is 25.4 Å². The Hall–Kier alpha value is -0.930. The summed E-state index contributed by atoms with van der Waals surface area (Å²) in [5.41, 5.74) is 2.26. The second-order valence-electron chi connectivity index (χ2n) is 5.61. The zero-order chi connectivity index (χ0) is 14.7. The number of benzene rings is 1. The summed E-state index contributed by atoms with van der Waals surface area (Å²) in [4.78, 5) is 0. The lowest BCUT2D eigenvalue weighted by Gasteiger charge is -2.28. The van der Waals surface area contributed by atoms with Gasteiger partial charge >= 0.3 is 0 Å². The van der Waals surface area contributed by atoms with Gasteiger partial charge in [0.1, 0.15) is 0 Å². The monoisotopic (exact) mass is 297 g/mol. The molecule has 0 spiro atoms. The summed E-state index contributed by atoms with van der Waals surface area (Å²) in [6.45, 7) is 6.36. The number of rotatable bonds is 4. The molecule has 0 bridgehead atoms. The molecule has 3 nitrogen and oxygen atoms in total. The minimum atomic E-state index is 0.364. The van der Waals surface area contributed by atoms with E-state index in [9.17, 15) is 0 Å². The van der Waals surface area contributed by atoms with E-state index in [1.807, 2.05) is 6.07 Å². The van der Waals surface area contributed by atoms with E-state index in [2.05, 4.69) is 19.2 Å². The third-order valence-electron chi connectivity index (χ3n) is 4.04. The van der Waals surface area contributed by atoms with Crippen LogP contribution in [0.15, 0.2) is 6.07 Å². The van der Waals surface area contributed by atoms with Crippen molar-refractivity contribution in [3.05, 3.63) is 22.2 Å². The molecule has 0 amide bonds. The first-order valence-corrected chi connectivity index (χ1v) is 7.62. The SMILES string of the molecule is COc1cc(C(C)C)c(Cl)c(C2CCNCC2)c1OC. The Balaban J connectivity index is 2.57. The third kappa shape index (κ3) is 2.89. The normalized spacial score (nSPS) is 16.5. The van der Waals surface area contributed by atoms with Crippen LogP contribution in [0.3, 0.4) is 0 Å². The van der Waals surface area contributed by atoms with Crippen LogP contribution in [0.1, 0.15) is 49.7 Å². The van der Waals surface area contributed by atoms with E-state index < -0.39 is 0 Å². The van der Waals surface area contributed by atoms with Gasteiger partial charge in [-0.3, -0.25) is 0 Å². The van der Waals surface area contributed by atoms with Gasteiger partial charge in [-0.25, -0.2) is 0 Å². The lowest BCUT2D eigenvalue weighted by molar-refractivity contribution is 0.343. The number of nitrogens with one attached hydrogen (secondary N) is 1. The summed E-state index contributed by atoms with van der Waals surface area (Å²) < 4.78 is 11.1. The molecule has 0 radical (unpaired) electrons. The van der Waals surface area contributed by atoms with Crippen molar-refractivity contribution in [2.75, 3.05) is 27.3 Å². The van der Waals surface area contributed by atoms with Crippen molar-refractivity contribution in [3.63, 3.8) is 0 Å². The first-order valence-electron chi connectivity index (χ1n) is 7.25. The van der Waals surface area contributed by atoms with Crippen molar-refractivity contribution in [3.8, 4) is 11.5 Å². The number of piperidine rings is 1. The number of halogens is 1. The maximum atomic E-state index is 6.69. The summed E-state index contributed by atoms with van der Waals surface area (Å²) in [5.74, 6) is 2.39. The molecule has 0 unspecified atom stereocenters. The molecular formula is C16H24ClNO2. The molecule has 1 aliphatic heterocycles. The van der Waals surface area contributed by atoms with Crippen LogP contribution in [-0.4, -0.2) is 27.3 Å². The standard InChI is InChI=1S/C16H24ClNO2/c1-10(2)12-9-13(19-3)16(20-4)14(15(12)17)11-5-7-18-8-6-11/h9-11,18H,5-8H2,1-4H3. The van der Waals surface area contributed by atoms with Crippen LogP contribution in [0.25, 0.3) is 0 Å². The van der Waals surface area contributed by atoms with E-state index in [0.29, 0.717) is 11.8 Å². The predicted molar refractivity (Wildman–Crippen MR) is 83.5 cm³/mol. The van der Waals surface area contributed by atoms with Crippen molar-refractivity contribution < 1.29 is 9.47 Å². The van der Waals surface area contributed by atoms with Gasteiger partial charge in [0, 0.05) is 5.56 Å². The van der Waals surface area contributed by atoms with Gasteiger partial charge in [-0.2, -0.15) is 0 Å². The van der Waals surface area contributed by atoms with Crippen LogP contribution in [0.4, 0.5) is 0 Å². The molecule has 1 aromatic rings. The fraction of sp³-hybridized carbons (Fsp3) is 0.625. The van der Waals surface area contributed by atoms with Gasteiger partial charge in [0.2, 0.25) is 0 Å². The molecule has 0 atom stereocenters. The third-order valence-corrected chi connectivity index (χ3v) is 4.46. The molecule has 1 fully saturated rings. The van der Waals surface area contributed by atoms with Gasteiger partial charge in [-0.05, 0) is 49.4 Å². The Kier molecular flexibility index (Phi) is 5.17. The molecule has 1 aliphatic rings. The summed E-state index contributed by atoms with van der Waals surface area (Å²) in [6, 6.07) is 2.01. The van der Waals surface area contributed by atoms with E-state index in [1.165, 1.54) is 0 Å². The van der Waals surface area contributed by atoms with E-state index in [-0.39, 0.29) is 0 Å². The summed E-state index contributed by atoms with van der Waals surface area (Å²) in [7, 11) is 3.37. The quantitative estimate of drug-likeness (QED) is 0.913. The molecule has 112 valence electrons. The van der Waals surface area contributed by atoms with E-state index in [4.69, 9.17) is 21.1 Å². The highest BCUT2D eigenvalue weighted by atomic mass is 35.5. The van der Waals surface area contributed by atoms with E-state index in [0.717, 1.165) is 53.6 Å². The minimum absolute atomic E-state index is 0.364. The average Bonchev–Trinajstić information content (AvgIpc) is 2.47. The fourth-order valence-corrected chi connectivity index (χ4v) is 3.43. The van der Waals surface area contributed by atoms with Crippen LogP contribution in [0.5, 0.6) is 11.5 Å². The van der Waals surface area contributed by atoms with Crippen LogP contribution in [0, 0.1) is 0 Å². The Labute approximate surface area is 126 Å². The molecule has 1 N–H and O–H groups in total. The van der Waals surface area contributed by atoms with Crippen molar-refractivity contribution in [2.24, 2.45) is 0 Å². The molecule has 4 heteroatoms. The molecule has 1 saturated heterocycles. The van der Waals surface area contributed by atoms with Crippen LogP contribution < -0.4 is 14.8 Å². The summed E-state index contributed by atoms with van der Waals surface area (Å²) >= 11 is 6.69. The molecule has 0 aliphatic carbocycles. The van der Waals surface area contributed by atoms with Crippen molar-refractivity contribution in [2.45, 2.75) is 38.5 Å². The molecule has 0 aromatic heterocycles. The van der Waals surface area contributed by atoms with Gasteiger partial charge in [0.05, 0.1) is 19.2 Å². The molecule has 1 aromatic carbocycles. The van der Waals surface area contributed by atoms with Crippen LogP contribution in [0.2, 0.25) is 5.02 Å². The Morgan fingerprint density at radius 2 is 1.85 bits per heavy atom. The van der Waals surface area contributed by atoms with Gasteiger partial charge < -0.3 is 14.8 Å². The molecular weight excluding hydrogens is 274 g/mol. The van der Waals surface area contributed by atoms with Crippen molar-refractivity contribution >= 4 is 11.6 Å². The summed E-state index contributed by atoms with van der Waals surface area (Å²) in [6.07, 6.45) is 2.17. The topological polar surface area (TPSA) is 30.5 Å². The Morgan fingerprint density at radius 3 is 2.35 bits per heavy atom. The van der Waals surface area contributed by atoms with Gasteiger partial charge in [0.25, 0.3) is 0 Å². The zero-order valence-electron chi connectivity index (χ0n) is 12.8. The molecule has 0 saturated carbocycles. The Morgan fingerprint density at radius 1 is 1.20 bits per heavy atom. The maximum absolute atomic E-state index is 6.69. The largest absolute Gasteiger partial charge is 0.493 e. The first kappa shape index (κ1) is 15.5. The number of ether oxygens (including phenoxy) is 2. The van der Waals surface area contributed by atoms with Crippen LogP contribution in [-0.2, 0) is 0 Å². The maximum Gasteiger partial charge on any atom is 0.165 e. The van der Waals surface area contributed by atoms with Gasteiger partial charge in [-0.15, -0.1) is 0 Å². The summed E-state index contributed by atoms with van der Waals surface area (Å²) in [5, 5.41) is 4.24. The fourth-order valence-electron chi connectivity index (χ4n) is 2.92. The first-order chi connectivity index (χ1) is 9.60. The Bertz CT molecular complexity index is 468. The minimum Gasteiger partial charge on any atom is -0.493 e. The van der Waals surface area contributed by atoms with E-state index >= 15 is 0 Å². The van der Waals surface area contributed by atoms with Crippen molar-refractivity contribution in [1.29, 1.82) is 0 Å². The highest BCUT2D eigenvalue weighted by Gasteiger charge is 2.27. The van der Waals surface area contributed by atoms with Gasteiger partial charge in [0.15, 0.2) is 11.5 Å². The average molecular weight is 298 g/mol. The zero-order valence-corrected chi connectivity index (χ0v) is 13.5. The number of hydrogen-bond acceptors (Lipinski definition) is 3. The molecule has 1 heterocycles. The predicted octanol–water partition coefficient (Wildman–Crippen LogP) is 3.95. The molecule has 20 heavy (non-hydrogen) atoms. The number of methoxy groups -OCH3 is 2. The highest BCUT2D eigenvalue weighted by molar-refractivity contribution is 6.32. The van der Waals surface area contributed by atoms with Crippen LogP contribution >= 0.6 is 11.6 Å². The van der Waals surface area contributed by atoms with E-state index in [1.54, 1.807) is 14.2 Å². The smallest absolute Gasteiger partial charge is 0.165 e. The molecule has 2 rings (SSSR count).